The molecule has 0 spiro atoms. The molecule has 1 unspecified atom stereocenters. The molecule has 5 nitrogen and oxygen atoms in total. The topological polar surface area (TPSA) is 65.5 Å². The van der Waals surface area contributed by atoms with Crippen LogP contribution in [0.4, 0.5) is 18.9 Å². The van der Waals surface area contributed by atoms with Crippen LogP contribution in [-0.4, -0.2) is 31.5 Å². The second kappa shape index (κ2) is 12.8. The lowest BCUT2D eigenvalue weighted by Gasteiger charge is -2.18. The summed E-state index contributed by atoms with van der Waals surface area (Å²) in [5, 5.41) is 8.16. The molecule has 0 fully saturated rings. The van der Waals surface area contributed by atoms with Gasteiger partial charge in [-0.05, 0) is 31.4 Å². The molecule has 1 aromatic rings. The molecular weight excluding hydrogens is 472 g/mol. The van der Waals surface area contributed by atoms with Gasteiger partial charge in [0.25, 0.3) is 0 Å². The number of aliphatic imine (C=N–C) groups is 1. The standard InChI is InChI=1S/C18H27F3N4O.HI/c1-11(2)6-5-7-12(3)24-18(22-4)23-10-15(26)25-14-9-8-13(19)16(20)17(14)21;/h8-9,11-12H,5-7,10H2,1-4H3,(H,25,26)(H2,22,23,24);1H. The predicted octanol–water partition coefficient (Wildman–Crippen LogP) is 4.04. The van der Waals surface area contributed by atoms with Gasteiger partial charge in [-0.2, -0.15) is 0 Å². The number of nitrogens with zero attached hydrogens (tertiary/aromatic N) is 1. The lowest BCUT2D eigenvalue weighted by atomic mass is 10.0. The maximum Gasteiger partial charge on any atom is 0.243 e. The van der Waals surface area contributed by atoms with Crippen LogP contribution in [0, 0.1) is 23.4 Å². The molecule has 0 aliphatic heterocycles. The zero-order valence-electron chi connectivity index (χ0n) is 16.0. The van der Waals surface area contributed by atoms with Gasteiger partial charge in [-0.3, -0.25) is 9.79 Å². The highest BCUT2D eigenvalue weighted by Crippen LogP contribution is 2.19. The third kappa shape index (κ3) is 9.30. The van der Waals surface area contributed by atoms with Crippen LogP contribution in [0.5, 0.6) is 0 Å². The minimum Gasteiger partial charge on any atom is -0.354 e. The number of anilines is 1. The average molecular weight is 500 g/mol. The number of hydrogen-bond donors (Lipinski definition) is 3. The third-order valence-electron chi connectivity index (χ3n) is 3.75. The predicted molar refractivity (Wildman–Crippen MR) is 113 cm³/mol. The number of rotatable bonds is 8. The summed E-state index contributed by atoms with van der Waals surface area (Å²) in [5.74, 6) is -3.88. The van der Waals surface area contributed by atoms with Crippen molar-refractivity contribution in [1.82, 2.24) is 10.6 Å². The minimum absolute atomic E-state index is 0. The van der Waals surface area contributed by atoms with E-state index < -0.39 is 29.0 Å². The molecular formula is C18H28F3IN4O. The zero-order chi connectivity index (χ0) is 19.7. The van der Waals surface area contributed by atoms with E-state index in [-0.39, 0.29) is 36.6 Å². The van der Waals surface area contributed by atoms with E-state index in [4.69, 9.17) is 0 Å². The lowest BCUT2D eigenvalue weighted by molar-refractivity contribution is -0.115. The monoisotopic (exact) mass is 500 g/mol. The molecule has 0 saturated heterocycles. The summed E-state index contributed by atoms with van der Waals surface area (Å²) in [6.45, 7) is 6.17. The molecule has 0 aliphatic rings. The van der Waals surface area contributed by atoms with Crippen LogP contribution >= 0.6 is 24.0 Å². The average Bonchev–Trinajstić information content (AvgIpc) is 2.58. The molecule has 3 N–H and O–H groups in total. The Bertz CT molecular complexity index is 641. The van der Waals surface area contributed by atoms with Crippen molar-refractivity contribution < 1.29 is 18.0 Å². The summed E-state index contributed by atoms with van der Waals surface area (Å²) in [4.78, 5) is 15.9. The van der Waals surface area contributed by atoms with Gasteiger partial charge < -0.3 is 16.0 Å². The highest BCUT2D eigenvalue weighted by molar-refractivity contribution is 14.0. The Hall–Kier alpha value is -1.52. The van der Waals surface area contributed by atoms with Crippen LogP contribution < -0.4 is 16.0 Å². The maximum absolute atomic E-state index is 13.5. The van der Waals surface area contributed by atoms with E-state index in [0.717, 1.165) is 31.4 Å². The highest BCUT2D eigenvalue weighted by atomic mass is 127. The van der Waals surface area contributed by atoms with Crippen molar-refractivity contribution >= 4 is 41.5 Å². The number of guanidine groups is 1. The van der Waals surface area contributed by atoms with Gasteiger partial charge in [0.15, 0.2) is 23.4 Å². The molecule has 1 amide bonds. The number of carbonyl (C=O) groups excluding carboxylic acids is 1. The van der Waals surface area contributed by atoms with E-state index in [0.29, 0.717) is 11.9 Å². The van der Waals surface area contributed by atoms with E-state index in [1.54, 1.807) is 7.05 Å². The smallest absolute Gasteiger partial charge is 0.243 e. The normalized spacial score (nSPS) is 12.4. The Morgan fingerprint density at radius 1 is 1.11 bits per heavy atom. The van der Waals surface area contributed by atoms with Crippen molar-refractivity contribution in [3.63, 3.8) is 0 Å². The number of halogens is 4. The molecule has 0 saturated carbocycles. The van der Waals surface area contributed by atoms with Crippen molar-refractivity contribution in [2.24, 2.45) is 10.9 Å². The van der Waals surface area contributed by atoms with Crippen LogP contribution in [0.2, 0.25) is 0 Å². The van der Waals surface area contributed by atoms with Crippen molar-refractivity contribution in [3.05, 3.63) is 29.6 Å². The first-order valence-electron chi connectivity index (χ1n) is 8.65. The Kier molecular flexibility index (Phi) is 12.1. The minimum atomic E-state index is -1.62. The van der Waals surface area contributed by atoms with E-state index in [2.05, 4.69) is 34.8 Å². The van der Waals surface area contributed by atoms with Gasteiger partial charge in [0.05, 0.1) is 12.2 Å². The quantitative estimate of drug-likeness (QED) is 0.219. The molecule has 154 valence electrons. The van der Waals surface area contributed by atoms with Crippen LogP contribution in [0.1, 0.15) is 40.0 Å². The number of carbonyl (C=O) groups is 1. The van der Waals surface area contributed by atoms with Gasteiger partial charge in [-0.25, -0.2) is 13.2 Å². The van der Waals surface area contributed by atoms with Crippen molar-refractivity contribution in [2.45, 2.75) is 46.1 Å². The molecule has 27 heavy (non-hydrogen) atoms. The van der Waals surface area contributed by atoms with Gasteiger partial charge in [-0.15, -0.1) is 24.0 Å². The van der Waals surface area contributed by atoms with Crippen molar-refractivity contribution in [1.29, 1.82) is 0 Å². The molecule has 9 heteroatoms. The molecule has 1 rings (SSSR count). The van der Waals surface area contributed by atoms with Crippen LogP contribution in [0.15, 0.2) is 17.1 Å². The summed E-state index contributed by atoms with van der Waals surface area (Å²) in [6, 6.07) is 1.89. The fraction of sp³-hybridized carbons (Fsp3) is 0.556. The molecule has 0 heterocycles. The number of amides is 1. The van der Waals surface area contributed by atoms with Gasteiger partial charge in [-0.1, -0.05) is 26.7 Å². The Balaban J connectivity index is 0.00000676. The number of benzene rings is 1. The van der Waals surface area contributed by atoms with Gasteiger partial charge in [0, 0.05) is 13.1 Å². The van der Waals surface area contributed by atoms with Crippen molar-refractivity contribution in [2.75, 3.05) is 18.9 Å². The van der Waals surface area contributed by atoms with E-state index >= 15 is 0 Å². The maximum atomic E-state index is 13.5. The van der Waals surface area contributed by atoms with Crippen LogP contribution in [-0.2, 0) is 4.79 Å². The summed E-state index contributed by atoms with van der Waals surface area (Å²) < 4.78 is 39.6. The van der Waals surface area contributed by atoms with Gasteiger partial charge in [0.2, 0.25) is 5.91 Å². The van der Waals surface area contributed by atoms with Gasteiger partial charge in [0.1, 0.15) is 0 Å². The van der Waals surface area contributed by atoms with Crippen LogP contribution in [0.3, 0.4) is 0 Å². The summed E-state index contributed by atoms with van der Waals surface area (Å²) in [5.41, 5.74) is -0.416. The summed E-state index contributed by atoms with van der Waals surface area (Å²) in [6.07, 6.45) is 3.18. The van der Waals surface area contributed by atoms with Crippen molar-refractivity contribution in [3.8, 4) is 0 Å². The summed E-state index contributed by atoms with van der Waals surface area (Å²) >= 11 is 0. The fourth-order valence-electron chi connectivity index (χ4n) is 2.31. The highest BCUT2D eigenvalue weighted by Gasteiger charge is 2.15. The van der Waals surface area contributed by atoms with Crippen LogP contribution in [0.25, 0.3) is 0 Å². The Labute approximate surface area is 175 Å². The third-order valence-corrected chi connectivity index (χ3v) is 3.75. The molecule has 1 atom stereocenters. The van der Waals surface area contributed by atoms with E-state index in [1.807, 2.05) is 6.92 Å². The number of nitrogens with one attached hydrogen (secondary N) is 3. The molecule has 1 aromatic carbocycles. The second-order valence-electron chi connectivity index (χ2n) is 6.57. The molecule has 0 bridgehead atoms. The fourth-order valence-corrected chi connectivity index (χ4v) is 2.31. The lowest BCUT2D eigenvalue weighted by Crippen LogP contribution is -2.45. The zero-order valence-corrected chi connectivity index (χ0v) is 18.4. The summed E-state index contributed by atoms with van der Waals surface area (Å²) in [7, 11) is 1.57. The first-order valence-corrected chi connectivity index (χ1v) is 8.65. The SMILES string of the molecule is CN=C(NCC(=O)Nc1ccc(F)c(F)c1F)NC(C)CCCC(C)C.I. The second-order valence-corrected chi connectivity index (χ2v) is 6.57. The Morgan fingerprint density at radius 3 is 2.37 bits per heavy atom. The molecule has 0 aromatic heterocycles. The van der Waals surface area contributed by atoms with E-state index in [1.165, 1.54) is 0 Å². The largest absolute Gasteiger partial charge is 0.354 e. The first-order chi connectivity index (χ1) is 12.2. The molecule has 0 radical (unpaired) electrons. The van der Waals surface area contributed by atoms with E-state index in [9.17, 15) is 18.0 Å². The van der Waals surface area contributed by atoms with Gasteiger partial charge >= 0.3 is 0 Å². The Morgan fingerprint density at radius 2 is 1.78 bits per heavy atom. The number of hydrogen-bond acceptors (Lipinski definition) is 2. The molecule has 0 aliphatic carbocycles. The first kappa shape index (κ1) is 25.5.